The molecule has 1 aromatic carbocycles. The minimum absolute atomic E-state index is 0.0963. The Hall–Kier alpha value is -2.63. The van der Waals surface area contributed by atoms with Gasteiger partial charge in [0, 0.05) is 26.1 Å². The molecule has 6 heteroatoms. The number of furan rings is 1. The molecule has 1 aromatic heterocycles. The Bertz CT molecular complexity index is 653. The molecule has 128 valence electrons. The van der Waals surface area contributed by atoms with Gasteiger partial charge >= 0.3 is 0 Å². The van der Waals surface area contributed by atoms with Crippen molar-refractivity contribution in [1.29, 1.82) is 0 Å². The van der Waals surface area contributed by atoms with Crippen LogP contribution in [-0.2, 0) is 11.3 Å². The van der Waals surface area contributed by atoms with Gasteiger partial charge in [-0.1, -0.05) is 19.1 Å². The van der Waals surface area contributed by atoms with E-state index in [1.54, 1.807) is 23.1 Å². The molecule has 0 saturated heterocycles. The molecule has 2 rings (SSSR count). The molecule has 0 saturated carbocycles. The van der Waals surface area contributed by atoms with Gasteiger partial charge in [-0.3, -0.25) is 9.59 Å². The number of amides is 2. The first-order chi connectivity index (χ1) is 11.6. The van der Waals surface area contributed by atoms with E-state index in [0.29, 0.717) is 18.7 Å². The average molecular weight is 332 g/mol. The highest BCUT2D eigenvalue weighted by atomic mass is 19.1. The van der Waals surface area contributed by atoms with Crippen molar-refractivity contribution >= 4 is 11.8 Å². The summed E-state index contributed by atoms with van der Waals surface area (Å²) in [5, 5.41) is 2.79. The van der Waals surface area contributed by atoms with Crippen molar-refractivity contribution in [3.63, 3.8) is 0 Å². The first-order valence-electron chi connectivity index (χ1n) is 7.92. The van der Waals surface area contributed by atoms with Crippen LogP contribution in [0.4, 0.5) is 4.39 Å². The Labute approximate surface area is 140 Å². The maximum atomic E-state index is 13.0. The van der Waals surface area contributed by atoms with Crippen molar-refractivity contribution in [2.24, 2.45) is 0 Å². The van der Waals surface area contributed by atoms with E-state index in [4.69, 9.17) is 4.42 Å². The van der Waals surface area contributed by atoms with Crippen LogP contribution in [0.25, 0.3) is 0 Å². The molecule has 0 spiro atoms. The van der Waals surface area contributed by atoms with Crippen molar-refractivity contribution in [3.8, 4) is 0 Å². The third-order valence-corrected chi connectivity index (χ3v) is 3.52. The fourth-order valence-electron chi connectivity index (χ4n) is 2.22. The zero-order valence-corrected chi connectivity index (χ0v) is 13.6. The van der Waals surface area contributed by atoms with Crippen molar-refractivity contribution in [1.82, 2.24) is 10.2 Å². The molecule has 0 aliphatic rings. The number of nitrogens with one attached hydrogen (secondary N) is 1. The third kappa shape index (κ3) is 5.22. The van der Waals surface area contributed by atoms with Crippen LogP contribution in [0.2, 0.25) is 0 Å². The lowest BCUT2D eigenvalue weighted by Gasteiger charge is -2.22. The molecular weight excluding hydrogens is 311 g/mol. The highest BCUT2D eigenvalue weighted by Gasteiger charge is 2.18. The Morgan fingerprint density at radius 1 is 1.21 bits per heavy atom. The highest BCUT2D eigenvalue weighted by molar-refractivity contribution is 5.94. The lowest BCUT2D eigenvalue weighted by Crippen LogP contribution is -2.35. The van der Waals surface area contributed by atoms with Crippen LogP contribution in [0, 0.1) is 5.82 Å². The Kier molecular flexibility index (Phi) is 6.54. The molecule has 5 nitrogen and oxygen atoms in total. The molecule has 0 aliphatic heterocycles. The lowest BCUT2D eigenvalue weighted by atomic mass is 10.2. The first-order valence-corrected chi connectivity index (χ1v) is 7.92. The summed E-state index contributed by atoms with van der Waals surface area (Å²) in [7, 11) is 0. The predicted octanol–water partition coefficient (Wildman–Crippen LogP) is 2.98. The SMILES string of the molecule is CCCNC(=O)CCN(Cc1ccc(F)cc1)C(=O)c1ccoc1. The van der Waals surface area contributed by atoms with Gasteiger partial charge in [0.2, 0.25) is 5.91 Å². The molecule has 1 N–H and O–H groups in total. The molecule has 0 bridgehead atoms. The molecule has 0 fully saturated rings. The molecule has 1 heterocycles. The van der Waals surface area contributed by atoms with E-state index in [2.05, 4.69) is 5.32 Å². The summed E-state index contributed by atoms with van der Waals surface area (Å²) in [6.45, 7) is 3.16. The van der Waals surface area contributed by atoms with Crippen LogP contribution >= 0.6 is 0 Å². The maximum Gasteiger partial charge on any atom is 0.257 e. The minimum atomic E-state index is -0.328. The summed E-state index contributed by atoms with van der Waals surface area (Å²) < 4.78 is 18.0. The summed E-state index contributed by atoms with van der Waals surface area (Å²) in [6.07, 6.45) is 3.87. The van der Waals surface area contributed by atoms with E-state index in [1.165, 1.54) is 24.7 Å². The fourth-order valence-corrected chi connectivity index (χ4v) is 2.22. The normalized spacial score (nSPS) is 10.4. The topological polar surface area (TPSA) is 62.6 Å². The van der Waals surface area contributed by atoms with Crippen LogP contribution in [0.5, 0.6) is 0 Å². The van der Waals surface area contributed by atoms with Crippen molar-refractivity contribution in [2.45, 2.75) is 26.3 Å². The third-order valence-electron chi connectivity index (χ3n) is 3.52. The number of carbonyl (C=O) groups is 2. The number of benzene rings is 1. The van der Waals surface area contributed by atoms with E-state index in [0.717, 1.165) is 12.0 Å². The number of halogens is 1. The van der Waals surface area contributed by atoms with Crippen LogP contribution in [0.1, 0.15) is 35.7 Å². The van der Waals surface area contributed by atoms with Gasteiger partial charge in [0.05, 0.1) is 11.8 Å². The van der Waals surface area contributed by atoms with Crippen molar-refractivity contribution in [3.05, 3.63) is 59.8 Å². The van der Waals surface area contributed by atoms with Gasteiger partial charge in [0.25, 0.3) is 5.91 Å². The Balaban J connectivity index is 2.04. The monoisotopic (exact) mass is 332 g/mol. The van der Waals surface area contributed by atoms with Crippen molar-refractivity contribution in [2.75, 3.05) is 13.1 Å². The standard InChI is InChI=1S/C18H21FN2O3/c1-2-9-20-17(22)7-10-21(18(23)15-8-11-24-13-15)12-14-3-5-16(19)6-4-14/h3-6,8,11,13H,2,7,9-10,12H2,1H3,(H,20,22). The molecule has 24 heavy (non-hydrogen) atoms. The number of hydrogen-bond donors (Lipinski definition) is 1. The van der Waals surface area contributed by atoms with E-state index >= 15 is 0 Å². The second-order valence-electron chi connectivity index (χ2n) is 5.47. The number of carbonyl (C=O) groups excluding carboxylic acids is 2. The summed E-state index contributed by atoms with van der Waals surface area (Å²) in [6, 6.07) is 7.54. The van der Waals surface area contributed by atoms with Gasteiger partial charge in [0.15, 0.2) is 0 Å². The summed E-state index contributed by atoms with van der Waals surface area (Å²) in [5.74, 6) is -0.650. The zero-order valence-electron chi connectivity index (χ0n) is 13.6. The zero-order chi connectivity index (χ0) is 17.4. The van der Waals surface area contributed by atoms with Gasteiger partial charge in [0.1, 0.15) is 12.1 Å². The molecule has 0 unspecified atom stereocenters. The van der Waals surface area contributed by atoms with E-state index in [9.17, 15) is 14.0 Å². The number of nitrogens with zero attached hydrogens (tertiary/aromatic N) is 1. The van der Waals surface area contributed by atoms with E-state index < -0.39 is 0 Å². The molecule has 2 amide bonds. The first kappa shape index (κ1) is 17.7. The van der Waals surface area contributed by atoms with Crippen LogP contribution in [0.15, 0.2) is 47.3 Å². The Morgan fingerprint density at radius 3 is 2.58 bits per heavy atom. The second-order valence-corrected chi connectivity index (χ2v) is 5.47. The number of rotatable bonds is 8. The largest absolute Gasteiger partial charge is 0.472 e. The van der Waals surface area contributed by atoms with Gasteiger partial charge in [-0.2, -0.15) is 0 Å². The van der Waals surface area contributed by atoms with E-state index in [1.807, 2.05) is 6.92 Å². The van der Waals surface area contributed by atoms with E-state index in [-0.39, 0.29) is 30.6 Å². The maximum absolute atomic E-state index is 13.0. The van der Waals surface area contributed by atoms with Crippen LogP contribution in [-0.4, -0.2) is 29.8 Å². The average Bonchev–Trinajstić information content (AvgIpc) is 3.12. The van der Waals surface area contributed by atoms with Crippen LogP contribution in [0.3, 0.4) is 0 Å². The quantitative estimate of drug-likeness (QED) is 0.808. The predicted molar refractivity (Wildman–Crippen MR) is 87.8 cm³/mol. The molecule has 0 radical (unpaired) electrons. The number of hydrogen-bond acceptors (Lipinski definition) is 3. The Morgan fingerprint density at radius 2 is 1.96 bits per heavy atom. The summed E-state index contributed by atoms with van der Waals surface area (Å²) in [5.41, 5.74) is 1.22. The molecule has 0 aliphatic carbocycles. The summed E-state index contributed by atoms with van der Waals surface area (Å²) in [4.78, 5) is 25.9. The fraction of sp³-hybridized carbons (Fsp3) is 0.333. The smallest absolute Gasteiger partial charge is 0.257 e. The van der Waals surface area contributed by atoms with Gasteiger partial charge in [-0.25, -0.2) is 4.39 Å². The minimum Gasteiger partial charge on any atom is -0.472 e. The van der Waals surface area contributed by atoms with Crippen LogP contribution < -0.4 is 5.32 Å². The molecule has 0 atom stereocenters. The second kappa shape index (κ2) is 8.86. The van der Waals surface area contributed by atoms with Gasteiger partial charge in [-0.15, -0.1) is 0 Å². The molecular formula is C18H21FN2O3. The highest BCUT2D eigenvalue weighted by Crippen LogP contribution is 2.12. The lowest BCUT2D eigenvalue weighted by molar-refractivity contribution is -0.121. The van der Waals surface area contributed by atoms with Gasteiger partial charge in [-0.05, 0) is 30.2 Å². The molecule has 2 aromatic rings. The summed E-state index contributed by atoms with van der Waals surface area (Å²) >= 11 is 0. The van der Waals surface area contributed by atoms with Gasteiger partial charge < -0.3 is 14.6 Å². The van der Waals surface area contributed by atoms with Crippen molar-refractivity contribution < 1.29 is 18.4 Å².